The van der Waals surface area contributed by atoms with Crippen molar-refractivity contribution in [3.05, 3.63) is 50.1 Å². The number of anilines is 1. The molecule has 0 spiro atoms. The maximum atomic E-state index is 14.3. The molecule has 2 amide bonds. The molecule has 1 aromatic carbocycles. The standard InChI is InChI=1S/C30H33F3N4O6/c1-13-21-14(9-16-11-20(38)23(27(34)41)26(40)29(13,16)2)10-17-19(36(3)4)12-18(24(35-43)22(17)25(21)39)28(42)37-7-5-15(6-8-37)30(31,32)33/h12,14-16,38H,5-11H2,1-4H3,(H2,34,41)/t14-,16+,29+/m1/s1. The van der Waals surface area contributed by atoms with Gasteiger partial charge in [0.25, 0.3) is 11.8 Å². The Morgan fingerprint density at radius 1 is 1.16 bits per heavy atom. The fourth-order valence-corrected chi connectivity index (χ4v) is 7.52. The number of Topliss-reactive ketones (excluding diaryl/α,β-unsaturated/α-hetero) is 2. The van der Waals surface area contributed by atoms with Crippen molar-refractivity contribution in [2.75, 3.05) is 32.1 Å². The number of nitroso groups, excluding NO2 is 1. The summed E-state index contributed by atoms with van der Waals surface area (Å²) in [5.41, 5.74) is 4.65. The second-order valence-electron chi connectivity index (χ2n) is 12.4. The van der Waals surface area contributed by atoms with Crippen LogP contribution >= 0.6 is 0 Å². The number of nitrogens with zero attached hydrogens (tertiary/aromatic N) is 3. The number of rotatable bonds is 4. The van der Waals surface area contributed by atoms with E-state index in [1.807, 2.05) is 0 Å². The Hall–Kier alpha value is -4.03. The average Bonchev–Trinajstić information content (AvgIpc) is 2.93. The van der Waals surface area contributed by atoms with Gasteiger partial charge in [-0.05, 0) is 68.2 Å². The summed E-state index contributed by atoms with van der Waals surface area (Å²) in [6, 6.07) is 1.47. The molecule has 3 aliphatic carbocycles. The monoisotopic (exact) mass is 602 g/mol. The van der Waals surface area contributed by atoms with Gasteiger partial charge in [0.1, 0.15) is 17.0 Å². The number of alkyl halides is 3. The van der Waals surface area contributed by atoms with Crippen LogP contribution in [0.4, 0.5) is 24.5 Å². The molecule has 3 atom stereocenters. The first kappa shape index (κ1) is 30.4. The number of ketones is 2. The summed E-state index contributed by atoms with van der Waals surface area (Å²) in [5.74, 6) is -5.70. The number of likely N-dealkylation sites (tertiary alicyclic amines) is 1. The lowest BCUT2D eigenvalue weighted by atomic mass is 9.53. The normalized spacial score (nSPS) is 26.2. The Morgan fingerprint density at radius 2 is 1.79 bits per heavy atom. The summed E-state index contributed by atoms with van der Waals surface area (Å²) >= 11 is 0. The molecule has 1 heterocycles. The first-order valence-corrected chi connectivity index (χ1v) is 14.1. The van der Waals surface area contributed by atoms with E-state index in [1.54, 1.807) is 32.8 Å². The molecule has 1 aliphatic heterocycles. The number of allylic oxidation sites excluding steroid dienone is 3. The molecule has 1 fully saturated rings. The maximum absolute atomic E-state index is 14.3. The number of nitrogens with two attached hydrogens (primary N) is 1. The van der Waals surface area contributed by atoms with Crippen LogP contribution in [0, 0.1) is 28.1 Å². The van der Waals surface area contributed by atoms with Gasteiger partial charge in [-0.3, -0.25) is 19.2 Å². The second kappa shape index (κ2) is 10.3. The van der Waals surface area contributed by atoms with Gasteiger partial charge in [0.15, 0.2) is 11.6 Å². The first-order chi connectivity index (χ1) is 20.0. The van der Waals surface area contributed by atoms with E-state index in [0.717, 1.165) is 0 Å². The SMILES string of the molecule is CC1=C2C(=O)c3c(c(N(C)C)cc(C(=O)N4CCC(C(F)(F)F)CC4)c3N=O)C[C@H]2C[C@H]2CC(O)=C(C(N)=O)C(=O)[C@@]12C. The van der Waals surface area contributed by atoms with Crippen molar-refractivity contribution in [2.45, 2.75) is 52.1 Å². The van der Waals surface area contributed by atoms with E-state index in [0.29, 0.717) is 23.2 Å². The van der Waals surface area contributed by atoms with Crippen molar-refractivity contribution in [1.82, 2.24) is 4.90 Å². The molecular weight excluding hydrogens is 569 g/mol. The largest absolute Gasteiger partial charge is 0.511 e. The topological polar surface area (TPSA) is 150 Å². The molecule has 1 aromatic rings. The molecule has 0 radical (unpaired) electrons. The van der Waals surface area contributed by atoms with Crippen molar-refractivity contribution < 1.29 is 37.5 Å². The van der Waals surface area contributed by atoms with E-state index >= 15 is 0 Å². The zero-order valence-corrected chi connectivity index (χ0v) is 24.3. The van der Waals surface area contributed by atoms with Crippen LogP contribution < -0.4 is 10.6 Å². The summed E-state index contributed by atoms with van der Waals surface area (Å²) < 4.78 is 39.7. The van der Waals surface area contributed by atoms with Gasteiger partial charge in [-0.1, -0.05) is 5.57 Å². The molecule has 0 aromatic heterocycles. The fraction of sp³-hybridized carbons (Fsp3) is 0.533. The van der Waals surface area contributed by atoms with Crippen LogP contribution in [-0.4, -0.2) is 66.7 Å². The number of amides is 2. The molecule has 13 heteroatoms. The van der Waals surface area contributed by atoms with E-state index in [4.69, 9.17) is 5.73 Å². The van der Waals surface area contributed by atoms with Crippen LogP contribution in [0.15, 0.2) is 33.7 Å². The number of fused-ring (bicyclic) bond motifs is 3. The number of benzene rings is 1. The molecular formula is C30H33F3N4O6. The highest BCUT2D eigenvalue weighted by atomic mass is 19.4. The number of carbonyl (C=O) groups is 4. The Bertz CT molecular complexity index is 1540. The lowest BCUT2D eigenvalue weighted by Crippen LogP contribution is -2.50. The minimum Gasteiger partial charge on any atom is -0.511 e. The van der Waals surface area contributed by atoms with Crippen LogP contribution in [-0.2, 0) is 16.0 Å². The number of piperidine rings is 1. The van der Waals surface area contributed by atoms with Gasteiger partial charge in [0, 0.05) is 44.9 Å². The molecule has 0 bridgehead atoms. The van der Waals surface area contributed by atoms with Crippen LogP contribution in [0.25, 0.3) is 0 Å². The Kier molecular flexibility index (Phi) is 7.29. The van der Waals surface area contributed by atoms with Gasteiger partial charge in [-0.2, -0.15) is 13.2 Å². The third kappa shape index (κ3) is 4.54. The van der Waals surface area contributed by atoms with Crippen LogP contribution in [0.2, 0.25) is 0 Å². The van der Waals surface area contributed by atoms with Gasteiger partial charge in [0.2, 0.25) is 0 Å². The van der Waals surface area contributed by atoms with Crippen molar-refractivity contribution in [3.8, 4) is 0 Å². The zero-order chi connectivity index (χ0) is 31.8. The molecule has 1 saturated heterocycles. The number of hydrogen-bond donors (Lipinski definition) is 2. The fourth-order valence-electron chi connectivity index (χ4n) is 7.52. The third-order valence-corrected chi connectivity index (χ3v) is 10.0. The van der Waals surface area contributed by atoms with E-state index in [9.17, 15) is 42.4 Å². The number of halogens is 3. The Balaban J connectivity index is 1.62. The lowest BCUT2D eigenvalue weighted by Gasteiger charge is -2.49. The summed E-state index contributed by atoms with van der Waals surface area (Å²) in [7, 11) is 3.42. The molecule has 5 rings (SSSR count). The quantitative estimate of drug-likeness (QED) is 0.380. The zero-order valence-electron chi connectivity index (χ0n) is 24.3. The van der Waals surface area contributed by atoms with Crippen molar-refractivity contribution >= 4 is 34.8 Å². The molecule has 0 saturated carbocycles. The molecule has 3 N–H and O–H groups in total. The molecule has 230 valence electrons. The first-order valence-electron chi connectivity index (χ1n) is 14.1. The average molecular weight is 603 g/mol. The smallest absolute Gasteiger partial charge is 0.391 e. The molecule has 0 unspecified atom stereocenters. The van der Waals surface area contributed by atoms with Crippen LogP contribution in [0.3, 0.4) is 0 Å². The summed E-state index contributed by atoms with van der Waals surface area (Å²) in [5, 5.41) is 13.6. The lowest BCUT2D eigenvalue weighted by molar-refractivity contribution is -0.183. The predicted molar refractivity (Wildman–Crippen MR) is 150 cm³/mol. The van der Waals surface area contributed by atoms with Crippen molar-refractivity contribution in [1.29, 1.82) is 0 Å². The van der Waals surface area contributed by atoms with Gasteiger partial charge in [-0.15, -0.1) is 4.91 Å². The third-order valence-electron chi connectivity index (χ3n) is 10.0. The summed E-state index contributed by atoms with van der Waals surface area (Å²) in [6.45, 7) is 2.91. The van der Waals surface area contributed by atoms with Crippen molar-refractivity contribution in [2.24, 2.45) is 34.1 Å². The van der Waals surface area contributed by atoms with Gasteiger partial charge in [-0.25, -0.2) is 0 Å². The Morgan fingerprint density at radius 3 is 2.33 bits per heavy atom. The highest BCUT2D eigenvalue weighted by Gasteiger charge is 2.56. The van der Waals surface area contributed by atoms with Crippen LogP contribution in [0.1, 0.15) is 65.8 Å². The van der Waals surface area contributed by atoms with E-state index in [2.05, 4.69) is 5.18 Å². The maximum Gasteiger partial charge on any atom is 0.391 e. The highest BCUT2D eigenvalue weighted by molar-refractivity contribution is 6.24. The number of aliphatic hydroxyl groups excluding tert-OH is 1. The highest BCUT2D eigenvalue weighted by Crippen LogP contribution is 2.57. The molecule has 43 heavy (non-hydrogen) atoms. The minimum atomic E-state index is -4.37. The van der Waals surface area contributed by atoms with Crippen LogP contribution in [0.5, 0.6) is 0 Å². The van der Waals surface area contributed by atoms with Gasteiger partial charge >= 0.3 is 6.18 Å². The summed E-state index contributed by atoms with van der Waals surface area (Å²) in [6.07, 6.45) is -4.27. The predicted octanol–water partition coefficient (Wildman–Crippen LogP) is 4.53. The minimum absolute atomic E-state index is 0.0306. The van der Waals surface area contributed by atoms with E-state index < -0.39 is 52.4 Å². The number of aliphatic hydroxyl groups is 1. The number of primary amides is 1. The second-order valence-corrected chi connectivity index (χ2v) is 12.4. The number of hydrogen-bond acceptors (Lipinski definition) is 8. The molecule has 4 aliphatic rings. The Labute approximate surface area is 245 Å². The molecule has 10 nitrogen and oxygen atoms in total. The van der Waals surface area contributed by atoms with E-state index in [-0.39, 0.29) is 72.8 Å². The van der Waals surface area contributed by atoms with E-state index in [1.165, 1.54) is 11.0 Å². The van der Waals surface area contributed by atoms with Gasteiger partial charge < -0.3 is 20.6 Å². The summed E-state index contributed by atoms with van der Waals surface area (Å²) in [4.78, 5) is 68.9. The number of carbonyl (C=O) groups excluding carboxylic acids is 4. The van der Waals surface area contributed by atoms with Crippen molar-refractivity contribution in [3.63, 3.8) is 0 Å². The van der Waals surface area contributed by atoms with Gasteiger partial charge in [0.05, 0.1) is 22.5 Å².